The first-order chi connectivity index (χ1) is 10.4. The van der Waals surface area contributed by atoms with E-state index < -0.39 is 26.8 Å². The SMILES string of the molecule is CO[Si](CCCOCC(COC(C)=O)OC(C)=O)(OC)OC. The van der Waals surface area contributed by atoms with E-state index in [0.29, 0.717) is 19.1 Å². The summed E-state index contributed by atoms with van der Waals surface area (Å²) < 4.78 is 31.1. The standard InChI is InChI=1S/C13H26O8Si/c1-11(14)20-10-13(21-12(2)15)9-19-7-6-8-22(16-3,17-4)18-5/h13H,6-10H2,1-5H3. The zero-order chi connectivity index (χ0) is 17.0. The van der Waals surface area contributed by atoms with Crippen LogP contribution in [-0.4, -0.2) is 68.0 Å². The molecular weight excluding hydrogens is 312 g/mol. The van der Waals surface area contributed by atoms with Gasteiger partial charge in [-0.05, 0) is 6.42 Å². The molecular formula is C13H26O8Si. The highest BCUT2D eigenvalue weighted by atomic mass is 28.4. The highest BCUT2D eigenvalue weighted by molar-refractivity contribution is 6.60. The van der Waals surface area contributed by atoms with Gasteiger partial charge < -0.3 is 27.5 Å². The van der Waals surface area contributed by atoms with Gasteiger partial charge in [-0.3, -0.25) is 9.59 Å². The predicted octanol–water partition coefficient (Wildman–Crippen LogP) is 0.766. The molecule has 0 aliphatic rings. The average molecular weight is 338 g/mol. The second kappa shape index (κ2) is 11.5. The molecule has 1 atom stereocenters. The van der Waals surface area contributed by atoms with E-state index in [1.165, 1.54) is 13.8 Å². The second-order valence-electron chi connectivity index (χ2n) is 4.51. The molecule has 0 spiro atoms. The first-order valence-electron chi connectivity index (χ1n) is 6.93. The summed E-state index contributed by atoms with van der Waals surface area (Å²) in [5.74, 6) is -0.890. The van der Waals surface area contributed by atoms with Gasteiger partial charge in [-0.1, -0.05) is 0 Å². The number of rotatable bonds is 12. The molecule has 9 heteroatoms. The number of hydrogen-bond donors (Lipinski definition) is 0. The normalized spacial score (nSPS) is 12.8. The van der Waals surface area contributed by atoms with Crippen molar-refractivity contribution in [3.8, 4) is 0 Å². The average Bonchev–Trinajstić information content (AvgIpc) is 2.48. The van der Waals surface area contributed by atoms with E-state index in [2.05, 4.69) is 0 Å². The first kappa shape index (κ1) is 21.0. The molecule has 0 amide bonds. The molecule has 0 bridgehead atoms. The highest BCUT2D eigenvalue weighted by Crippen LogP contribution is 2.14. The number of carbonyl (C=O) groups is 2. The van der Waals surface area contributed by atoms with E-state index in [0.717, 1.165) is 0 Å². The van der Waals surface area contributed by atoms with Gasteiger partial charge in [-0.2, -0.15) is 0 Å². The van der Waals surface area contributed by atoms with E-state index in [-0.39, 0.29) is 13.2 Å². The lowest BCUT2D eigenvalue weighted by atomic mass is 10.4. The van der Waals surface area contributed by atoms with Crippen LogP contribution in [0.5, 0.6) is 0 Å². The van der Waals surface area contributed by atoms with Crippen LogP contribution < -0.4 is 0 Å². The zero-order valence-corrected chi connectivity index (χ0v) is 14.9. The van der Waals surface area contributed by atoms with Crippen molar-refractivity contribution in [3.05, 3.63) is 0 Å². The van der Waals surface area contributed by atoms with Crippen LogP contribution in [0.1, 0.15) is 20.3 Å². The Morgan fingerprint density at radius 1 is 0.955 bits per heavy atom. The summed E-state index contributed by atoms with van der Waals surface area (Å²) in [6.45, 7) is 3.12. The van der Waals surface area contributed by atoms with Crippen LogP contribution in [0.2, 0.25) is 6.04 Å². The van der Waals surface area contributed by atoms with Gasteiger partial charge in [0.05, 0.1) is 6.61 Å². The predicted molar refractivity (Wildman–Crippen MR) is 79.2 cm³/mol. The van der Waals surface area contributed by atoms with Crippen LogP contribution >= 0.6 is 0 Å². The molecule has 0 aliphatic heterocycles. The molecule has 0 aromatic rings. The number of hydrogen-bond acceptors (Lipinski definition) is 8. The maximum atomic E-state index is 11.0. The van der Waals surface area contributed by atoms with Crippen LogP contribution in [0.3, 0.4) is 0 Å². The summed E-state index contributed by atoms with van der Waals surface area (Å²) in [5.41, 5.74) is 0. The van der Waals surface area contributed by atoms with Gasteiger partial charge in [0, 0.05) is 47.8 Å². The summed E-state index contributed by atoms with van der Waals surface area (Å²) >= 11 is 0. The minimum Gasteiger partial charge on any atom is -0.462 e. The highest BCUT2D eigenvalue weighted by Gasteiger charge is 2.36. The van der Waals surface area contributed by atoms with Crippen LogP contribution in [0, 0.1) is 0 Å². The molecule has 130 valence electrons. The van der Waals surface area contributed by atoms with Crippen molar-refractivity contribution in [3.63, 3.8) is 0 Å². The van der Waals surface area contributed by atoms with E-state index in [1.54, 1.807) is 21.3 Å². The first-order valence-corrected chi connectivity index (χ1v) is 8.86. The Labute approximate surface area is 132 Å². The number of ether oxygens (including phenoxy) is 3. The van der Waals surface area contributed by atoms with Crippen molar-refractivity contribution in [1.29, 1.82) is 0 Å². The summed E-state index contributed by atoms with van der Waals surface area (Å²) in [6.07, 6.45) is 0.0536. The maximum Gasteiger partial charge on any atom is 0.500 e. The van der Waals surface area contributed by atoms with Gasteiger partial charge in [0.25, 0.3) is 0 Å². The van der Waals surface area contributed by atoms with E-state index in [1.807, 2.05) is 0 Å². The molecule has 0 aromatic carbocycles. The fourth-order valence-electron chi connectivity index (χ4n) is 1.72. The number of esters is 2. The van der Waals surface area contributed by atoms with Gasteiger partial charge in [-0.25, -0.2) is 0 Å². The Kier molecular flexibility index (Phi) is 11.0. The van der Waals surface area contributed by atoms with Crippen LogP contribution in [0.15, 0.2) is 0 Å². The van der Waals surface area contributed by atoms with Crippen LogP contribution in [-0.2, 0) is 37.1 Å². The molecule has 1 unspecified atom stereocenters. The van der Waals surface area contributed by atoms with Gasteiger partial charge in [0.2, 0.25) is 0 Å². The Morgan fingerprint density at radius 2 is 1.55 bits per heavy atom. The lowest BCUT2D eigenvalue weighted by molar-refractivity contribution is -0.159. The molecule has 0 N–H and O–H groups in total. The van der Waals surface area contributed by atoms with Gasteiger partial charge in [-0.15, -0.1) is 0 Å². The molecule has 8 nitrogen and oxygen atoms in total. The Hall–Kier alpha value is -1.00. The third kappa shape index (κ3) is 9.10. The smallest absolute Gasteiger partial charge is 0.462 e. The quantitative estimate of drug-likeness (QED) is 0.293. The molecule has 0 radical (unpaired) electrons. The third-order valence-electron chi connectivity index (χ3n) is 2.81. The lowest BCUT2D eigenvalue weighted by Gasteiger charge is -2.24. The number of carbonyl (C=O) groups excluding carboxylic acids is 2. The minimum atomic E-state index is -2.59. The molecule has 0 saturated heterocycles. The van der Waals surface area contributed by atoms with Crippen molar-refractivity contribution in [1.82, 2.24) is 0 Å². The maximum absolute atomic E-state index is 11.0. The van der Waals surface area contributed by atoms with Crippen molar-refractivity contribution < 1.29 is 37.1 Å². The van der Waals surface area contributed by atoms with Crippen LogP contribution in [0.25, 0.3) is 0 Å². The molecule has 0 heterocycles. The van der Waals surface area contributed by atoms with E-state index >= 15 is 0 Å². The zero-order valence-electron chi connectivity index (χ0n) is 13.9. The molecule has 0 aliphatic carbocycles. The summed E-state index contributed by atoms with van der Waals surface area (Å²) in [4.78, 5) is 21.8. The summed E-state index contributed by atoms with van der Waals surface area (Å²) in [7, 11) is 2.07. The van der Waals surface area contributed by atoms with E-state index in [9.17, 15) is 9.59 Å². The summed E-state index contributed by atoms with van der Waals surface area (Å²) in [5, 5.41) is 0. The molecule has 22 heavy (non-hydrogen) atoms. The molecule has 0 aromatic heterocycles. The van der Waals surface area contributed by atoms with Gasteiger partial charge in [0.15, 0.2) is 6.10 Å². The molecule has 0 rings (SSSR count). The topological polar surface area (TPSA) is 89.5 Å². The third-order valence-corrected chi connectivity index (χ3v) is 5.65. The fourth-order valence-corrected chi connectivity index (χ4v) is 3.41. The Balaban J connectivity index is 4.06. The molecule has 0 fully saturated rings. The monoisotopic (exact) mass is 338 g/mol. The Morgan fingerprint density at radius 3 is 2.00 bits per heavy atom. The molecule has 0 saturated carbocycles. The Bertz CT molecular complexity index is 324. The second-order valence-corrected chi connectivity index (χ2v) is 7.60. The van der Waals surface area contributed by atoms with Crippen LogP contribution in [0.4, 0.5) is 0 Å². The minimum absolute atomic E-state index is 0.0260. The van der Waals surface area contributed by atoms with Crippen molar-refractivity contribution in [2.75, 3.05) is 41.2 Å². The van der Waals surface area contributed by atoms with Gasteiger partial charge in [0.1, 0.15) is 6.61 Å². The summed E-state index contributed by atoms with van der Waals surface area (Å²) in [6, 6.07) is 0.610. The van der Waals surface area contributed by atoms with E-state index in [4.69, 9.17) is 27.5 Å². The van der Waals surface area contributed by atoms with Crippen molar-refractivity contribution in [2.45, 2.75) is 32.4 Å². The van der Waals surface area contributed by atoms with Gasteiger partial charge >= 0.3 is 20.7 Å². The van der Waals surface area contributed by atoms with Crippen molar-refractivity contribution in [2.24, 2.45) is 0 Å². The lowest BCUT2D eigenvalue weighted by Crippen LogP contribution is -2.42. The van der Waals surface area contributed by atoms with Crippen molar-refractivity contribution >= 4 is 20.7 Å². The fraction of sp³-hybridized carbons (Fsp3) is 0.846. The largest absolute Gasteiger partial charge is 0.500 e.